The smallest absolute Gasteiger partial charge is 0.304 e. The molecule has 3 aromatic carbocycles. The predicted octanol–water partition coefficient (Wildman–Crippen LogP) is 5.63. The summed E-state index contributed by atoms with van der Waals surface area (Å²) in [5, 5.41) is 1.70. The molecule has 0 spiro atoms. The summed E-state index contributed by atoms with van der Waals surface area (Å²) in [6, 6.07) is 17.0. The molecule has 10 heteroatoms. The number of hydrogen-bond donors (Lipinski definition) is 1. The summed E-state index contributed by atoms with van der Waals surface area (Å²) in [5.41, 5.74) is -3.93. The lowest BCUT2D eigenvalue weighted by Gasteiger charge is -2.26. The molecular weight excluding hydrogens is 459 g/mol. The summed E-state index contributed by atoms with van der Waals surface area (Å²) >= 11 is 0. The van der Waals surface area contributed by atoms with Gasteiger partial charge in [-0.15, -0.1) is 0 Å². The van der Waals surface area contributed by atoms with E-state index in [4.69, 9.17) is 9.05 Å². The first-order chi connectivity index (χ1) is 15.1. The van der Waals surface area contributed by atoms with Crippen LogP contribution >= 0.6 is 7.60 Å². The van der Waals surface area contributed by atoms with Crippen molar-refractivity contribution in [2.24, 2.45) is 0 Å². The molecule has 0 atom stereocenters. The van der Waals surface area contributed by atoms with Gasteiger partial charge in [-0.05, 0) is 42.3 Å². The van der Waals surface area contributed by atoms with Crippen LogP contribution in [0.15, 0.2) is 71.6 Å². The van der Waals surface area contributed by atoms with Gasteiger partial charge < -0.3 is 9.05 Å². The van der Waals surface area contributed by atoms with Crippen LogP contribution in [0.1, 0.15) is 25.0 Å². The Balaban J connectivity index is 1.75. The zero-order valence-corrected chi connectivity index (χ0v) is 19.3. The van der Waals surface area contributed by atoms with E-state index in [0.717, 1.165) is 22.9 Å². The van der Waals surface area contributed by atoms with E-state index in [2.05, 4.69) is 4.72 Å². The maximum atomic E-state index is 14.8. The molecule has 6 nitrogen and oxygen atoms in total. The lowest BCUT2D eigenvalue weighted by Crippen LogP contribution is -2.23. The van der Waals surface area contributed by atoms with E-state index in [0.29, 0.717) is 5.56 Å². The first kappa shape index (κ1) is 24.5. The minimum atomic E-state index is -4.71. The van der Waals surface area contributed by atoms with Crippen LogP contribution in [0.3, 0.4) is 0 Å². The fourth-order valence-electron chi connectivity index (χ4n) is 3.12. The highest BCUT2D eigenvalue weighted by molar-refractivity contribution is 7.89. The topological polar surface area (TPSA) is 81.7 Å². The SMILES string of the molecule is CCOP(=O)(OCC)C(F)(F)c1ccc(CNS(=O)(=O)c2ccc3ccccc3c2)cc1. The van der Waals surface area contributed by atoms with Crippen LogP contribution in [0, 0.1) is 0 Å². The van der Waals surface area contributed by atoms with E-state index < -0.39 is 28.8 Å². The second kappa shape index (κ2) is 9.77. The summed E-state index contributed by atoms with van der Waals surface area (Å²) in [6.07, 6.45) is 0. The highest BCUT2D eigenvalue weighted by atomic mass is 32.2. The van der Waals surface area contributed by atoms with Gasteiger partial charge in [-0.2, -0.15) is 8.78 Å². The van der Waals surface area contributed by atoms with Gasteiger partial charge in [0.25, 0.3) is 0 Å². The zero-order chi connectivity index (χ0) is 23.4. The summed E-state index contributed by atoms with van der Waals surface area (Å²) in [7, 11) is -8.52. The summed E-state index contributed by atoms with van der Waals surface area (Å²) < 4.78 is 79.5. The maximum Gasteiger partial charge on any atom is 0.404 e. The molecule has 0 saturated heterocycles. The van der Waals surface area contributed by atoms with Gasteiger partial charge in [0.15, 0.2) is 0 Å². The second-order valence-corrected chi connectivity index (χ2v) is 10.7. The number of alkyl halides is 2. The molecule has 0 aromatic heterocycles. The van der Waals surface area contributed by atoms with Crippen molar-refractivity contribution < 1.29 is 30.8 Å². The minimum Gasteiger partial charge on any atom is -0.304 e. The molecule has 0 saturated carbocycles. The fourth-order valence-corrected chi connectivity index (χ4v) is 5.71. The Kier molecular flexibility index (Phi) is 7.47. The highest BCUT2D eigenvalue weighted by Crippen LogP contribution is 2.66. The van der Waals surface area contributed by atoms with Gasteiger partial charge in [0, 0.05) is 12.1 Å². The van der Waals surface area contributed by atoms with Gasteiger partial charge in [-0.1, -0.05) is 54.6 Å². The Hall–Kier alpha value is -2.16. The van der Waals surface area contributed by atoms with Gasteiger partial charge in [0.1, 0.15) is 0 Å². The molecule has 172 valence electrons. The average molecular weight is 483 g/mol. The average Bonchev–Trinajstić information content (AvgIpc) is 2.78. The predicted molar refractivity (Wildman–Crippen MR) is 119 cm³/mol. The van der Waals surface area contributed by atoms with E-state index in [9.17, 15) is 21.8 Å². The molecular formula is C22H24F2NO5PS. The number of nitrogens with one attached hydrogen (secondary N) is 1. The molecule has 0 aliphatic rings. The molecule has 0 fully saturated rings. The Bertz CT molecular complexity index is 1220. The summed E-state index contributed by atoms with van der Waals surface area (Å²) in [6.45, 7) is 2.41. The molecule has 0 amide bonds. The van der Waals surface area contributed by atoms with E-state index in [-0.39, 0.29) is 24.7 Å². The van der Waals surface area contributed by atoms with Crippen molar-refractivity contribution in [3.8, 4) is 0 Å². The van der Waals surface area contributed by atoms with Gasteiger partial charge in [-0.3, -0.25) is 4.57 Å². The Labute approximate surface area is 186 Å². The van der Waals surface area contributed by atoms with Crippen molar-refractivity contribution >= 4 is 28.4 Å². The van der Waals surface area contributed by atoms with Gasteiger partial charge in [0.05, 0.1) is 18.1 Å². The van der Waals surface area contributed by atoms with E-state index in [1.807, 2.05) is 24.3 Å². The van der Waals surface area contributed by atoms with Crippen LogP contribution in [0.5, 0.6) is 0 Å². The molecule has 3 rings (SSSR count). The van der Waals surface area contributed by atoms with Crippen LogP contribution in [0.4, 0.5) is 8.78 Å². The highest BCUT2D eigenvalue weighted by Gasteiger charge is 2.54. The number of hydrogen-bond acceptors (Lipinski definition) is 5. The molecule has 0 unspecified atom stereocenters. The largest absolute Gasteiger partial charge is 0.404 e. The van der Waals surface area contributed by atoms with E-state index in [1.165, 1.54) is 32.0 Å². The lowest BCUT2D eigenvalue weighted by atomic mass is 10.1. The maximum absolute atomic E-state index is 14.8. The van der Waals surface area contributed by atoms with E-state index >= 15 is 0 Å². The summed E-state index contributed by atoms with van der Waals surface area (Å²) in [4.78, 5) is 0.105. The van der Waals surface area contributed by atoms with Crippen molar-refractivity contribution in [1.29, 1.82) is 0 Å². The van der Waals surface area contributed by atoms with Crippen molar-refractivity contribution in [2.45, 2.75) is 31.0 Å². The number of halogens is 2. The molecule has 0 aliphatic heterocycles. The monoisotopic (exact) mass is 483 g/mol. The second-order valence-electron chi connectivity index (χ2n) is 6.90. The zero-order valence-electron chi connectivity index (χ0n) is 17.6. The standard InChI is InChI=1S/C22H24F2NO5PS/c1-3-29-31(26,30-4-2)22(23,24)20-12-9-17(10-13-20)16-25-32(27,28)21-14-11-18-7-5-6-8-19(18)15-21/h5-15,25H,3-4,16H2,1-2H3. The number of rotatable bonds is 10. The van der Waals surface area contributed by atoms with Crippen molar-refractivity contribution in [2.75, 3.05) is 13.2 Å². The first-order valence-corrected chi connectivity index (χ1v) is 13.0. The van der Waals surface area contributed by atoms with Crippen molar-refractivity contribution in [1.82, 2.24) is 4.72 Å². The summed E-state index contributed by atoms with van der Waals surface area (Å²) in [5.74, 6) is 0. The Morgan fingerprint density at radius 1 is 0.906 bits per heavy atom. The lowest BCUT2D eigenvalue weighted by molar-refractivity contribution is 0.0360. The fraction of sp³-hybridized carbons (Fsp3) is 0.273. The van der Waals surface area contributed by atoms with E-state index in [1.54, 1.807) is 12.1 Å². The van der Waals surface area contributed by atoms with Gasteiger partial charge >= 0.3 is 13.3 Å². The molecule has 0 radical (unpaired) electrons. The molecule has 1 N–H and O–H groups in total. The Morgan fingerprint density at radius 2 is 1.50 bits per heavy atom. The van der Waals surface area contributed by atoms with Crippen LogP contribution in [0.25, 0.3) is 10.8 Å². The van der Waals surface area contributed by atoms with Crippen LogP contribution in [-0.4, -0.2) is 21.6 Å². The third-order valence-corrected chi connectivity index (χ3v) is 8.28. The van der Waals surface area contributed by atoms with Crippen molar-refractivity contribution in [3.63, 3.8) is 0 Å². The van der Waals surface area contributed by atoms with Crippen molar-refractivity contribution in [3.05, 3.63) is 77.9 Å². The first-order valence-electron chi connectivity index (χ1n) is 9.98. The Morgan fingerprint density at radius 3 is 2.09 bits per heavy atom. The molecule has 0 heterocycles. The third-order valence-electron chi connectivity index (χ3n) is 4.74. The molecule has 3 aromatic rings. The normalized spacial score (nSPS) is 12.9. The van der Waals surface area contributed by atoms with Crippen LogP contribution < -0.4 is 4.72 Å². The molecule has 0 bridgehead atoms. The van der Waals surface area contributed by atoms with Crippen LogP contribution in [0.2, 0.25) is 0 Å². The molecule has 32 heavy (non-hydrogen) atoms. The molecule has 0 aliphatic carbocycles. The van der Waals surface area contributed by atoms with Gasteiger partial charge in [-0.25, -0.2) is 13.1 Å². The number of benzene rings is 3. The quantitative estimate of drug-likeness (QED) is 0.378. The van der Waals surface area contributed by atoms with Crippen LogP contribution in [-0.2, 0) is 35.8 Å². The number of fused-ring (bicyclic) bond motifs is 1. The third kappa shape index (κ3) is 5.08. The minimum absolute atomic E-state index is 0.102. The van der Waals surface area contributed by atoms with Gasteiger partial charge in [0.2, 0.25) is 10.0 Å². The number of sulfonamides is 1.